The number of benzene rings is 3. The number of nitrogens with one attached hydrogen (secondary N) is 1. The maximum Gasteiger partial charge on any atom is 0.335 e. The van der Waals surface area contributed by atoms with Crippen molar-refractivity contribution in [2.45, 2.75) is 13.5 Å². The van der Waals surface area contributed by atoms with Gasteiger partial charge in [-0.05, 0) is 71.0 Å². The van der Waals surface area contributed by atoms with Gasteiger partial charge in [0.2, 0.25) is 0 Å². The molecule has 0 atom stereocenters. The molecule has 0 aromatic heterocycles. The molecule has 3 aromatic carbocycles. The molecule has 4 rings (SSSR count). The molecule has 4 amide bonds. The number of carbonyl (C=O) groups is 3. The molecule has 0 saturated carbocycles. The number of nitriles is 1. The molecule has 0 unspecified atom stereocenters. The Morgan fingerprint density at radius 2 is 1.81 bits per heavy atom. The van der Waals surface area contributed by atoms with E-state index < -0.39 is 17.8 Å². The van der Waals surface area contributed by atoms with Gasteiger partial charge in [-0.2, -0.15) is 5.26 Å². The zero-order valence-electron chi connectivity index (χ0n) is 19.4. The quantitative estimate of drug-likeness (QED) is 0.252. The number of amides is 4. The Morgan fingerprint density at radius 3 is 2.53 bits per heavy atom. The fourth-order valence-electron chi connectivity index (χ4n) is 3.73. The standard InChI is InChI=1S/C27H20IN3O5/c1-16-7-3-6-10-22(16)31-26(33)20(25(32)30-27(31)34)11-17-12-21(28)24(23(13-17)35-2)36-15-19-9-5-4-8-18(19)14-29/h3-13H,15H2,1-2H3,(H,30,32,34)/b20-11-. The number of carbonyl (C=O) groups excluding carboxylic acids is 3. The summed E-state index contributed by atoms with van der Waals surface area (Å²) in [7, 11) is 1.48. The summed E-state index contributed by atoms with van der Waals surface area (Å²) in [4.78, 5) is 39.2. The second kappa shape index (κ2) is 10.6. The van der Waals surface area contributed by atoms with Crippen molar-refractivity contribution in [3.63, 3.8) is 0 Å². The lowest BCUT2D eigenvalue weighted by molar-refractivity contribution is -0.122. The average molecular weight is 593 g/mol. The van der Waals surface area contributed by atoms with Crippen molar-refractivity contribution in [1.82, 2.24) is 5.32 Å². The summed E-state index contributed by atoms with van der Waals surface area (Å²) in [5, 5.41) is 11.5. The van der Waals surface area contributed by atoms with Crippen LogP contribution in [0.3, 0.4) is 0 Å². The monoisotopic (exact) mass is 593 g/mol. The van der Waals surface area contributed by atoms with Gasteiger partial charge < -0.3 is 9.47 Å². The number of rotatable bonds is 6. The lowest BCUT2D eigenvalue weighted by Crippen LogP contribution is -2.54. The van der Waals surface area contributed by atoms with E-state index in [-0.39, 0.29) is 12.2 Å². The topological polar surface area (TPSA) is 109 Å². The number of para-hydroxylation sites is 1. The van der Waals surface area contributed by atoms with E-state index in [1.54, 1.807) is 55.5 Å². The Hall–Kier alpha value is -4.17. The van der Waals surface area contributed by atoms with Crippen LogP contribution in [-0.2, 0) is 16.2 Å². The lowest BCUT2D eigenvalue weighted by atomic mass is 10.1. The SMILES string of the molecule is COc1cc(/C=C2/C(=O)NC(=O)N(c3ccccc3C)C2=O)cc(I)c1OCc1ccccc1C#N. The highest BCUT2D eigenvalue weighted by Crippen LogP contribution is 2.36. The molecule has 9 heteroatoms. The lowest BCUT2D eigenvalue weighted by Gasteiger charge is -2.27. The first kappa shape index (κ1) is 24.9. The van der Waals surface area contributed by atoms with Crippen LogP contribution in [0.4, 0.5) is 10.5 Å². The number of urea groups is 1. The normalized spacial score (nSPS) is 14.4. The zero-order valence-corrected chi connectivity index (χ0v) is 21.5. The van der Waals surface area contributed by atoms with Gasteiger partial charge in [0, 0.05) is 5.56 Å². The molecule has 1 saturated heterocycles. The molecule has 1 aliphatic rings. The molecule has 8 nitrogen and oxygen atoms in total. The summed E-state index contributed by atoms with van der Waals surface area (Å²) >= 11 is 2.07. The minimum Gasteiger partial charge on any atom is -0.493 e. The number of nitrogens with zero attached hydrogens (tertiary/aromatic N) is 2. The largest absolute Gasteiger partial charge is 0.493 e. The van der Waals surface area contributed by atoms with Gasteiger partial charge in [0.1, 0.15) is 12.2 Å². The number of anilines is 1. The zero-order chi connectivity index (χ0) is 25.8. The summed E-state index contributed by atoms with van der Waals surface area (Å²) in [6.07, 6.45) is 1.41. The van der Waals surface area contributed by atoms with Crippen molar-refractivity contribution >= 4 is 52.2 Å². The molecular formula is C27H20IN3O5. The van der Waals surface area contributed by atoms with Crippen LogP contribution in [0.25, 0.3) is 6.08 Å². The first-order chi connectivity index (χ1) is 17.3. The maximum atomic E-state index is 13.2. The van der Waals surface area contributed by atoms with E-state index in [0.29, 0.717) is 37.4 Å². The predicted molar refractivity (Wildman–Crippen MR) is 141 cm³/mol. The summed E-state index contributed by atoms with van der Waals surface area (Å²) in [6, 6.07) is 18.8. The first-order valence-electron chi connectivity index (χ1n) is 10.8. The smallest absolute Gasteiger partial charge is 0.335 e. The Bertz CT molecular complexity index is 1460. The minimum absolute atomic E-state index is 0.158. The van der Waals surface area contributed by atoms with Crippen molar-refractivity contribution < 1.29 is 23.9 Å². The van der Waals surface area contributed by atoms with Crippen molar-refractivity contribution in [2.75, 3.05) is 12.0 Å². The molecule has 0 radical (unpaired) electrons. The van der Waals surface area contributed by atoms with E-state index in [1.165, 1.54) is 13.2 Å². The van der Waals surface area contributed by atoms with Crippen molar-refractivity contribution in [2.24, 2.45) is 0 Å². The molecular weight excluding hydrogens is 573 g/mol. The molecule has 3 aromatic rings. The van der Waals surface area contributed by atoms with Crippen molar-refractivity contribution in [3.8, 4) is 17.6 Å². The third kappa shape index (κ3) is 4.94. The van der Waals surface area contributed by atoms with Gasteiger partial charge in [-0.3, -0.25) is 14.9 Å². The molecule has 180 valence electrons. The van der Waals surface area contributed by atoms with Gasteiger partial charge in [0.15, 0.2) is 11.5 Å². The Labute approximate surface area is 221 Å². The molecule has 36 heavy (non-hydrogen) atoms. The summed E-state index contributed by atoms with van der Waals surface area (Å²) < 4.78 is 12.1. The van der Waals surface area contributed by atoms with Crippen LogP contribution >= 0.6 is 22.6 Å². The summed E-state index contributed by atoms with van der Waals surface area (Å²) in [5.74, 6) is -0.652. The maximum absolute atomic E-state index is 13.2. The Balaban J connectivity index is 1.66. The molecule has 0 aliphatic carbocycles. The number of halogens is 1. The highest BCUT2D eigenvalue weighted by molar-refractivity contribution is 14.1. The fraction of sp³-hybridized carbons (Fsp3) is 0.111. The van der Waals surface area contributed by atoms with Gasteiger partial charge in [0.05, 0.1) is 28.0 Å². The number of hydrogen-bond acceptors (Lipinski definition) is 6. The van der Waals surface area contributed by atoms with Crippen molar-refractivity contribution in [1.29, 1.82) is 5.26 Å². The molecule has 1 N–H and O–H groups in total. The van der Waals surface area contributed by atoms with E-state index in [1.807, 2.05) is 12.1 Å². The molecule has 1 fully saturated rings. The molecule has 0 bridgehead atoms. The Kier molecular flexibility index (Phi) is 7.36. The van der Waals surface area contributed by atoms with Crippen LogP contribution in [0.2, 0.25) is 0 Å². The van der Waals surface area contributed by atoms with Gasteiger partial charge in [-0.15, -0.1) is 0 Å². The predicted octanol–water partition coefficient (Wildman–Crippen LogP) is 4.73. The minimum atomic E-state index is -0.801. The number of methoxy groups -OCH3 is 1. The summed E-state index contributed by atoms with van der Waals surface area (Å²) in [5.41, 5.74) is 2.68. The third-order valence-corrected chi connectivity index (χ3v) is 6.33. The van der Waals surface area contributed by atoms with Gasteiger partial charge in [-0.1, -0.05) is 36.4 Å². The van der Waals surface area contributed by atoms with Crippen LogP contribution in [0.1, 0.15) is 22.3 Å². The van der Waals surface area contributed by atoms with Crippen LogP contribution in [0.5, 0.6) is 11.5 Å². The number of hydrogen-bond donors (Lipinski definition) is 1. The van der Waals surface area contributed by atoms with E-state index in [2.05, 4.69) is 34.0 Å². The van der Waals surface area contributed by atoms with E-state index >= 15 is 0 Å². The average Bonchev–Trinajstić information content (AvgIpc) is 2.86. The Morgan fingerprint density at radius 1 is 1.08 bits per heavy atom. The van der Waals surface area contributed by atoms with E-state index in [0.717, 1.165) is 10.5 Å². The number of imide groups is 2. The second-order valence-corrected chi connectivity index (χ2v) is 9.00. The number of barbiturate groups is 1. The fourth-order valence-corrected chi connectivity index (χ4v) is 4.51. The van der Waals surface area contributed by atoms with Crippen LogP contribution in [0.15, 0.2) is 66.2 Å². The number of ether oxygens (including phenoxy) is 2. The van der Waals surface area contributed by atoms with Crippen LogP contribution in [-0.4, -0.2) is 25.0 Å². The van der Waals surface area contributed by atoms with Crippen LogP contribution in [0, 0.1) is 21.8 Å². The molecule has 0 spiro atoms. The van der Waals surface area contributed by atoms with E-state index in [4.69, 9.17) is 9.47 Å². The van der Waals surface area contributed by atoms with Gasteiger partial charge in [0.25, 0.3) is 11.8 Å². The number of aryl methyl sites for hydroxylation is 1. The van der Waals surface area contributed by atoms with Crippen LogP contribution < -0.4 is 19.7 Å². The highest BCUT2D eigenvalue weighted by atomic mass is 127. The first-order valence-corrected chi connectivity index (χ1v) is 11.9. The second-order valence-electron chi connectivity index (χ2n) is 7.84. The molecule has 1 aliphatic heterocycles. The van der Waals surface area contributed by atoms with Crippen molar-refractivity contribution in [3.05, 3.63) is 92.1 Å². The molecule has 1 heterocycles. The third-order valence-electron chi connectivity index (χ3n) is 5.53. The van der Waals surface area contributed by atoms with Gasteiger partial charge in [-0.25, -0.2) is 9.69 Å². The van der Waals surface area contributed by atoms with E-state index in [9.17, 15) is 19.6 Å². The summed E-state index contributed by atoms with van der Waals surface area (Å²) in [6.45, 7) is 1.93. The highest BCUT2D eigenvalue weighted by Gasteiger charge is 2.37. The van der Waals surface area contributed by atoms with Gasteiger partial charge >= 0.3 is 6.03 Å².